The Bertz CT molecular complexity index is 1560. The molecule has 1 aromatic heterocycles. The molecule has 48 heavy (non-hydrogen) atoms. The third-order valence-corrected chi connectivity index (χ3v) is 11.5. The van der Waals surface area contributed by atoms with Crippen LogP contribution in [-0.4, -0.2) is 19.3 Å². The number of benzene rings is 1. The second-order valence-corrected chi connectivity index (χ2v) is 18.8. The van der Waals surface area contributed by atoms with Gasteiger partial charge in [0.25, 0.3) is 0 Å². The highest BCUT2D eigenvalue weighted by molar-refractivity contribution is 7.19. The minimum absolute atomic E-state index is 0.155. The van der Waals surface area contributed by atoms with Crippen LogP contribution in [0, 0.1) is 28.1 Å². The van der Waals surface area contributed by atoms with E-state index in [1.54, 1.807) is 11.1 Å². The summed E-state index contributed by atoms with van der Waals surface area (Å²) in [5, 5.41) is 11.5. The Morgan fingerprint density at radius 3 is 2.21 bits per heavy atom. The number of hydrogen-bond acceptors (Lipinski definition) is 3. The highest BCUT2D eigenvalue weighted by Crippen LogP contribution is 2.45. The van der Waals surface area contributed by atoms with Crippen molar-refractivity contribution in [1.29, 1.82) is 0 Å². The molecule has 2 aromatic rings. The Balaban J connectivity index is 1.73. The molecule has 0 saturated heterocycles. The van der Waals surface area contributed by atoms with Gasteiger partial charge in [-0.25, -0.2) is 0 Å². The van der Waals surface area contributed by atoms with E-state index in [4.69, 9.17) is 0 Å². The highest BCUT2D eigenvalue weighted by atomic mass is 32.1. The molecule has 0 fully saturated rings. The molecule has 2 N–H and O–H groups in total. The van der Waals surface area contributed by atoms with Gasteiger partial charge in [-0.1, -0.05) is 130 Å². The van der Waals surface area contributed by atoms with E-state index in [1.807, 2.05) is 17.4 Å². The lowest BCUT2D eigenvalue weighted by molar-refractivity contribution is 0.140. The van der Waals surface area contributed by atoms with E-state index in [1.165, 1.54) is 39.6 Å². The lowest BCUT2D eigenvalue weighted by Crippen LogP contribution is -2.38. The first-order chi connectivity index (χ1) is 22.4. The molecular weight excluding hydrogens is 599 g/mol. The Hall–Kier alpha value is -2.72. The number of fused-ring (bicyclic) bond motifs is 2. The summed E-state index contributed by atoms with van der Waals surface area (Å²) in [6.07, 6.45) is 21.9. The van der Waals surface area contributed by atoms with Crippen LogP contribution in [0.5, 0.6) is 0 Å². The lowest BCUT2D eigenvalue weighted by atomic mass is 9.40. The smallest absolute Gasteiger partial charge is 0.234 e. The molecule has 0 aliphatic heterocycles. The maximum atomic E-state index is 4.19. The summed E-state index contributed by atoms with van der Waals surface area (Å²) in [5.74, 6) is 4.59. The van der Waals surface area contributed by atoms with Crippen LogP contribution in [0.25, 0.3) is 10.1 Å². The normalized spacial score (nSPS) is 23.0. The van der Waals surface area contributed by atoms with Crippen molar-refractivity contribution in [2.24, 2.45) is 28.1 Å². The molecule has 0 bridgehead atoms. The van der Waals surface area contributed by atoms with E-state index < -0.39 is 0 Å². The second kappa shape index (κ2) is 15.4. The summed E-state index contributed by atoms with van der Waals surface area (Å²) in [5.41, 5.74) is 7.62. The van der Waals surface area contributed by atoms with Gasteiger partial charge in [-0.3, -0.25) is 0 Å². The van der Waals surface area contributed by atoms with Gasteiger partial charge in [0.2, 0.25) is 6.71 Å². The standard InChI is InChI=1S/C44H65BN2S/c1-14-23-45(40-29-48-41-26-36-31(4)19-18-30(3)35(36)25-37(40)41)32(27-46-33(15-2)17-16-22-42(5,6)7)28-47-34-20-21-38(43(8,9)10)39(24-34)44(11,12)13/h14-16,20-27,29-31,33,38-39,46-47H,2,17-19,28H2,1,3-13H3/b22-16+,23-14+,32-27-. The molecule has 260 valence electrons. The van der Waals surface area contributed by atoms with Crippen molar-refractivity contribution in [3.05, 3.63) is 101 Å². The number of rotatable bonds is 11. The van der Waals surface area contributed by atoms with Crippen molar-refractivity contribution in [3.8, 4) is 0 Å². The summed E-state index contributed by atoms with van der Waals surface area (Å²) in [4.78, 5) is 0. The van der Waals surface area contributed by atoms with Crippen molar-refractivity contribution in [2.75, 3.05) is 6.54 Å². The molecule has 1 aromatic carbocycles. The molecule has 0 amide bonds. The van der Waals surface area contributed by atoms with Crippen LogP contribution in [0.15, 0.2) is 90.0 Å². The number of allylic oxidation sites excluding steroid dienone is 5. The minimum atomic E-state index is 0.155. The highest BCUT2D eigenvalue weighted by Gasteiger charge is 2.38. The van der Waals surface area contributed by atoms with Crippen molar-refractivity contribution in [3.63, 3.8) is 0 Å². The van der Waals surface area contributed by atoms with Gasteiger partial charge in [-0.15, -0.1) is 23.9 Å². The zero-order valence-electron chi connectivity index (χ0n) is 32.3. The predicted octanol–water partition coefficient (Wildman–Crippen LogP) is 11.6. The molecule has 0 radical (unpaired) electrons. The Morgan fingerprint density at radius 1 is 0.979 bits per heavy atom. The van der Waals surface area contributed by atoms with Gasteiger partial charge >= 0.3 is 0 Å². The van der Waals surface area contributed by atoms with E-state index in [9.17, 15) is 0 Å². The van der Waals surface area contributed by atoms with E-state index in [-0.39, 0.29) is 29.0 Å². The molecule has 5 unspecified atom stereocenters. The van der Waals surface area contributed by atoms with Gasteiger partial charge in [0, 0.05) is 23.0 Å². The maximum absolute atomic E-state index is 4.19. The van der Waals surface area contributed by atoms with Crippen LogP contribution < -0.4 is 16.1 Å². The SMILES string of the molecule is C=CC(C/C=C/C(C)(C)C)N/C=C(/CNC1=CC(C(C)(C)C)C(C(C)(C)C)C=C1)B(/C=C/C)c1csc2cc3c(cc12)C(C)CCC3C. The van der Waals surface area contributed by atoms with Crippen molar-refractivity contribution < 1.29 is 0 Å². The molecule has 0 spiro atoms. The topological polar surface area (TPSA) is 24.1 Å². The lowest BCUT2D eigenvalue weighted by Gasteiger charge is -2.43. The predicted molar refractivity (Wildman–Crippen MR) is 218 cm³/mol. The third kappa shape index (κ3) is 9.49. The second-order valence-electron chi connectivity index (χ2n) is 17.9. The molecule has 2 nitrogen and oxygen atoms in total. The van der Waals surface area contributed by atoms with E-state index in [2.05, 4.69) is 166 Å². The molecule has 5 atom stereocenters. The summed E-state index contributed by atoms with van der Waals surface area (Å²) < 4.78 is 1.41. The Kier molecular flexibility index (Phi) is 12.3. The van der Waals surface area contributed by atoms with Crippen LogP contribution in [0.3, 0.4) is 0 Å². The fourth-order valence-corrected chi connectivity index (χ4v) is 8.56. The maximum Gasteiger partial charge on any atom is 0.234 e. The van der Waals surface area contributed by atoms with E-state index in [0.29, 0.717) is 23.7 Å². The fraction of sp³-hybridized carbons (Fsp3) is 0.545. The summed E-state index contributed by atoms with van der Waals surface area (Å²) in [6, 6.07) is 5.21. The summed E-state index contributed by atoms with van der Waals surface area (Å²) in [6.45, 7) is 33.1. The van der Waals surface area contributed by atoms with Gasteiger partial charge in [-0.2, -0.15) is 0 Å². The van der Waals surface area contributed by atoms with Crippen molar-refractivity contribution in [2.45, 2.75) is 120 Å². The quantitative estimate of drug-likeness (QED) is 0.185. The van der Waals surface area contributed by atoms with Crippen LogP contribution in [-0.2, 0) is 0 Å². The van der Waals surface area contributed by atoms with Crippen LogP contribution in [0.2, 0.25) is 0 Å². The van der Waals surface area contributed by atoms with E-state index >= 15 is 0 Å². The first-order valence-electron chi connectivity index (χ1n) is 18.5. The summed E-state index contributed by atoms with van der Waals surface area (Å²) in [7, 11) is 0. The molecule has 2 aliphatic carbocycles. The van der Waals surface area contributed by atoms with Gasteiger partial charge in [0.15, 0.2) is 0 Å². The number of hydrogen-bond donors (Lipinski definition) is 2. The van der Waals surface area contributed by atoms with Gasteiger partial charge < -0.3 is 10.6 Å². The first-order valence-corrected chi connectivity index (χ1v) is 19.4. The summed E-state index contributed by atoms with van der Waals surface area (Å²) >= 11 is 1.91. The molecule has 1 heterocycles. The monoisotopic (exact) mass is 664 g/mol. The first kappa shape index (κ1) is 38.1. The molecule has 2 aliphatic rings. The molecule has 4 rings (SSSR count). The molecular formula is C44H65BN2S. The van der Waals surface area contributed by atoms with Crippen molar-refractivity contribution >= 4 is 33.6 Å². The van der Waals surface area contributed by atoms with Crippen LogP contribution >= 0.6 is 11.3 Å². The van der Waals surface area contributed by atoms with E-state index in [0.717, 1.165) is 13.0 Å². The largest absolute Gasteiger partial charge is 0.385 e. The Labute approximate surface area is 299 Å². The zero-order valence-corrected chi connectivity index (χ0v) is 33.2. The van der Waals surface area contributed by atoms with Crippen LogP contribution in [0.1, 0.15) is 125 Å². The molecule has 0 saturated carbocycles. The van der Waals surface area contributed by atoms with Gasteiger partial charge in [0.1, 0.15) is 0 Å². The Morgan fingerprint density at radius 2 is 1.62 bits per heavy atom. The number of thiophene rings is 1. The van der Waals surface area contributed by atoms with Crippen molar-refractivity contribution in [1.82, 2.24) is 10.6 Å². The van der Waals surface area contributed by atoms with Gasteiger partial charge in [-0.05, 0) is 106 Å². The van der Waals surface area contributed by atoms with Gasteiger partial charge in [0.05, 0.1) is 0 Å². The molecule has 4 heteroatoms. The fourth-order valence-electron chi connectivity index (χ4n) is 7.53. The average molecular weight is 665 g/mol. The van der Waals surface area contributed by atoms with Crippen LogP contribution in [0.4, 0.5) is 0 Å². The minimum Gasteiger partial charge on any atom is -0.385 e. The third-order valence-electron chi connectivity index (χ3n) is 10.5. The average Bonchev–Trinajstić information content (AvgIpc) is 3.41. The number of nitrogens with one attached hydrogen (secondary N) is 2. The zero-order chi connectivity index (χ0) is 35.4.